The third kappa shape index (κ3) is 3.63. The summed E-state index contributed by atoms with van der Waals surface area (Å²) in [6.45, 7) is 0. The molecular weight excluding hydrogens is 425 g/mol. The summed E-state index contributed by atoms with van der Waals surface area (Å²) < 4.78 is 7.12. The zero-order valence-electron chi connectivity index (χ0n) is 15.7. The lowest BCUT2D eigenvalue weighted by Crippen LogP contribution is -2.05. The molecule has 30 heavy (non-hydrogen) atoms. The number of halogens is 2. The van der Waals surface area contributed by atoms with Crippen LogP contribution in [0, 0.1) is 0 Å². The van der Waals surface area contributed by atoms with Crippen LogP contribution in [0.1, 0.15) is 10.5 Å². The van der Waals surface area contributed by atoms with E-state index >= 15 is 0 Å². The number of carbonyl (C=O) groups is 1. The number of nitrogens with zero attached hydrogens (tertiary/aromatic N) is 3. The highest BCUT2D eigenvalue weighted by molar-refractivity contribution is 6.31. The molecule has 0 atom stereocenters. The number of methoxy groups -OCH3 is 1. The van der Waals surface area contributed by atoms with E-state index in [2.05, 4.69) is 9.97 Å². The second-order valence-electron chi connectivity index (χ2n) is 6.33. The van der Waals surface area contributed by atoms with Crippen molar-refractivity contribution in [3.8, 4) is 34.2 Å². The van der Waals surface area contributed by atoms with Crippen molar-refractivity contribution in [1.29, 1.82) is 0 Å². The molecule has 2 heterocycles. The summed E-state index contributed by atoms with van der Waals surface area (Å²) in [4.78, 5) is 20.8. The normalized spacial score (nSPS) is 10.8. The van der Waals surface area contributed by atoms with Crippen molar-refractivity contribution in [3.63, 3.8) is 0 Å². The summed E-state index contributed by atoms with van der Waals surface area (Å²) in [5.41, 5.74) is 1.97. The van der Waals surface area contributed by atoms with E-state index in [0.717, 1.165) is 5.56 Å². The lowest BCUT2D eigenvalue weighted by Gasteiger charge is -2.15. The number of carboxylic acids is 1. The highest BCUT2D eigenvalue weighted by atomic mass is 35.5. The molecule has 0 fully saturated rings. The predicted molar refractivity (Wildman–Crippen MR) is 116 cm³/mol. The Hall–Kier alpha value is -3.35. The monoisotopic (exact) mass is 439 g/mol. The van der Waals surface area contributed by atoms with E-state index < -0.39 is 5.97 Å². The summed E-state index contributed by atoms with van der Waals surface area (Å²) in [5, 5.41) is 10.8. The van der Waals surface area contributed by atoms with Gasteiger partial charge in [-0.25, -0.2) is 14.8 Å². The number of aromatic nitrogens is 3. The fraction of sp³-hybridized carbons (Fsp3) is 0.0455. The van der Waals surface area contributed by atoms with Gasteiger partial charge in [-0.05, 0) is 18.2 Å². The minimum atomic E-state index is -1.17. The van der Waals surface area contributed by atoms with Gasteiger partial charge in [-0.15, -0.1) is 0 Å². The Morgan fingerprint density at radius 3 is 2.40 bits per heavy atom. The van der Waals surface area contributed by atoms with Crippen LogP contribution in [0.3, 0.4) is 0 Å². The van der Waals surface area contributed by atoms with Gasteiger partial charge >= 0.3 is 5.97 Å². The van der Waals surface area contributed by atoms with Crippen molar-refractivity contribution in [2.24, 2.45) is 0 Å². The number of imidazole rings is 1. The maximum absolute atomic E-state index is 12.1. The topological polar surface area (TPSA) is 77.2 Å². The van der Waals surface area contributed by atoms with Gasteiger partial charge in [-0.1, -0.05) is 65.7 Å². The van der Waals surface area contributed by atoms with Crippen molar-refractivity contribution >= 4 is 29.2 Å². The van der Waals surface area contributed by atoms with Crippen LogP contribution in [0.5, 0.6) is 5.88 Å². The zero-order valence-corrected chi connectivity index (χ0v) is 17.2. The Morgan fingerprint density at radius 1 is 1.00 bits per heavy atom. The number of ether oxygens (including phenoxy) is 1. The summed E-state index contributed by atoms with van der Waals surface area (Å²) >= 11 is 12.4. The van der Waals surface area contributed by atoms with Crippen molar-refractivity contribution in [2.45, 2.75) is 0 Å². The number of carboxylic acid groups (broad SMARTS) is 1. The lowest BCUT2D eigenvalue weighted by molar-refractivity contribution is 0.0692. The molecule has 8 heteroatoms. The molecule has 0 saturated heterocycles. The Morgan fingerprint density at radius 2 is 1.73 bits per heavy atom. The molecule has 2 aromatic heterocycles. The molecule has 0 radical (unpaired) electrons. The van der Waals surface area contributed by atoms with Crippen LogP contribution in [0.2, 0.25) is 10.0 Å². The van der Waals surface area contributed by atoms with E-state index in [9.17, 15) is 9.90 Å². The Kier molecular flexibility index (Phi) is 5.44. The van der Waals surface area contributed by atoms with Gasteiger partial charge in [0.25, 0.3) is 0 Å². The minimum Gasteiger partial charge on any atom is -0.479 e. The fourth-order valence-electron chi connectivity index (χ4n) is 3.22. The fourth-order valence-corrected chi connectivity index (χ4v) is 3.56. The first-order valence-electron chi connectivity index (χ1n) is 8.87. The third-order valence-electron chi connectivity index (χ3n) is 4.44. The number of rotatable bonds is 5. The summed E-state index contributed by atoms with van der Waals surface area (Å²) in [6, 6.07) is 17.8. The molecule has 1 N–H and O–H groups in total. The number of hydrogen-bond acceptors (Lipinski definition) is 4. The molecule has 0 amide bonds. The van der Waals surface area contributed by atoms with Crippen LogP contribution >= 0.6 is 23.2 Å². The van der Waals surface area contributed by atoms with Gasteiger partial charge in [-0.2, -0.15) is 0 Å². The highest BCUT2D eigenvalue weighted by Gasteiger charge is 2.27. The third-order valence-corrected chi connectivity index (χ3v) is 4.88. The predicted octanol–water partition coefficient (Wildman–Crippen LogP) is 5.61. The molecule has 0 saturated carbocycles. The van der Waals surface area contributed by atoms with Gasteiger partial charge < -0.3 is 9.84 Å². The minimum absolute atomic E-state index is 0.127. The van der Waals surface area contributed by atoms with E-state index in [0.29, 0.717) is 32.8 Å². The van der Waals surface area contributed by atoms with Gasteiger partial charge in [0, 0.05) is 22.3 Å². The van der Waals surface area contributed by atoms with Crippen molar-refractivity contribution in [2.75, 3.05) is 7.11 Å². The van der Waals surface area contributed by atoms with E-state index in [4.69, 9.17) is 27.9 Å². The lowest BCUT2D eigenvalue weighted by atomic mass is 10.1. The van der Waals surface area contributed by atoms with Gasteiger partial charge in [0.2, 0.25) is 5.88 Å². The van der Waals surface area contributed by atoms with Crippen LogP contribution < -0.4 is 4.74 Å². The number of aromatic carboxylic acids is 1. The van der Waals surface area contributed by atoms with Crippen LogP contribution in [0.4, 0.5) is 0 Å². The van der Waals surface area contributed by atoms with Crippen molar-refractivity contribution in [1.82, 2.24) is 14.5 Å². The van der Waals surface area contributed by atoms with Crippen LogP contribution in [-0.2, 0) is 0 Å². The average molecular weight is 440 g/mol. The highest BCUT2D eigenvalue weighted by Crippen LogP contribution is 2.37. The van der Waals surface area contributed by atoms with Crippen molar-refractivity contribution < 1.29 is 14.6 Å². The first-order chi connectivity index (χ1) is 14.5. The number of pyridine rings is 1. The standard InChI is InChI=1S/C22H15Cl2N3O3/c1-30-21-17(11-16(24)12-25-21)27-19(14-8-5-9-15(23)10-14)18(22(28)29)26-20(27)13-6-3-2-4-7-13/h2-12H,1H3,(H,28,29). The van der Waals surface area contributed by atoms with Gasteiger partial charge in [-0.3, -0.25) is 4.57 Å². The van der Waals surface area contributed by atoms with Gasteiger partial charge in [0.05, 0.1) is 17.8 Å². The van der Waals surface area contributed by atoms with Crippen LogP contribution in [0.25, 0.3) is 28.3 Å². The molecule has 150 valence electrons. The van der Waals surface area contributed by atoms with E-state index in [1.165, 1.54) is 13.3 Å². The maximum atomic E-state index is 12.1. The second kappa shape index (κ2) is 8.18. The quantitative estimate of drug-likeness (QED) is 0.436. The Bertz CT molecular complexity index is 1240. The maximum Gasteiger partial charge on any atom is 0.356 e. The largest absolute Gasteiger partial charge is 0.479 e. The van der Waals surface area contributed by atoms with E-state index in [-0.39, 0.29) is 11.6 Å². The molecule has 0 aliphatic carbocycles. The molecular formula is C22H15Cl2N3O3. The molecule has 2 aromatic carbocycles. The van der Waals surface area contributed by atoms with Gasteiger partial charge in [0.15, 0.2) is 5.69 Å². The molecule has 4 rings (SSSR count). The van der Waals surface area contributed by atoms with Gasteiger partial charge in [0.1, 0.15) is 11.5 Å². The molecule has 0 aliphatic heterocycles. The first kappa shape index (κ1) is 19.9. The van der Waals surface area contributed by atoms with E-state index in [1.54, 1.807) is 34.9 Å². The molecule has 0 spiro atoms. The smallest absolute Gasteiger partial charge is 0.356 e. The first-order valence-corrected chi connectivity index (χ1v) is 9.62. The number of benzene rings is 2. The zero-order chi connectivity index (χ0) is 21.3. The Balaban J connectivity index is 2.16. The van der Waals surface area contributed by atoms with E-state index in [1.807, 2.05) is 30.3 Å². The van der Waals surface area contributed by atoms with Crippen molar-refractivity contribution in [3.05, 3.63) is 82.6 Å². The second-order valence-corrected chi connectivity index (χ2v) is 7.20. The average Bonchev–Trinajstić information content (AvgIpc) is 3.15. The molecule has 6 nitrogen and oxygen atoms in total. The molecule has 4 aromatic rings. The summed E-state index contributed by atoms with van der Waals surface area (Å²) in [7, 11) is 1.48. The molecule has 0 aliphatic rings. The number of hydrogen-bond donors (Lipinski definition) is 1. The van der Waals surface area contributed by atoms with Crippen LogP contribution in [0.15, 0.2) is 66.9 Å². The summed E-state index contributed by atoms with van der Waals surface area (Å²) in [5.74, 6) is -0.491. The van der Waals surface area contributed by atoms with Crippen LogP contribution in [-0.4, -0.2) is 32.7 Å². The molecule has 0 unspecified atom stereocenters. The Labute approximate surface area is 182 Å². The summed E-state index contributed by atoms with van der Waals surface area (Å²) in [6.07, 6.45) is 1.46. The SMILES string of the molecule is COc1ncc(Cl)cc1-n1c(-c2ccccc2)nc(C(=O)O)c1-c1cccc(Cl)c1. The molecule has 0 bridgehead atoms.